The molecule has 0 bridgehead atoms. The van der Waals surface area contributed by atoms with E-state index in [0.717, 1.165) is 62.0 Å². The van der Waals surface area contributed by atoms with Gasteiger partial charge in [-0.15, -0.1) is 24.0 Å². The quantitative estimate of drug-likeness (QED) is 0.256. The van der Waals surface area contributed by atoms with Gasteiger partial charge in [-0.2, -0.15) is 0 Å². The number of aliphatic imine (C=N–C) groups is 1. The highest BCUT2D eigenvalue weighted by atomic mass is 127. The van der Waals surface area contributed by atoms with Crippen molar-refractivity contribution in [2.75, 3.05) is 19.6 Å². The van der Waals surface area contributed by atoms with Crippen molar-refractivity contribution >= 4 is 29.9 Å². The van der Waals surface area contributed by atoms with E-state index in [9.17, 15) is 0 Å². The van der Waals surface area contributed by atoms with Crippen LogP contribution < -0.4 is 10.6 Å². The Morgan fingerprint density at radius 1 is 1.00 bits per heavy atom. The molecule has 0 aliphatic heterocycles. The van der Waals surface area contributed by atoms with Gasteiger partial charge in [-0.05, 0) is 37.6 Å². The first-order valence-corrected chi connectivity index (χ1v) is 10.9. The van der Waals surface area contributed by atoms with Gasteiger partial charge in [0.15, 0.2) is 5.96 Å². The molecule has 2 rings (SSSR count). The Balaban J connectivity index is 0.00000450. The highest BCUT2D eigenvalue weighted by Gasteiger charge is 2.13. The van der Waals surface area contributed by atoms with Gasteiger partial charge in [-0.1, -0.05) is 57.1 Å². The number of halogens is 1. The lowest BCUT2D eigenvalue weighted by Gasteiger charge is -2.20. The van der Waals surface area contributed by atoms with Gasteiger partial charge in [0.05, 0.1) is 12.2 Å². The fourth-order valence-electron chi connectivity index (χ4n) is 3.37. The van der Waals surface area contributed by atoms with E-state index in [1.54, 1.807) is 0 Å². The fourth-order valence-corrected chi connectivity index (χ4v) is 3.37. The van der Waals surface area contributed by atoms with Crippen LogP contribution in [0.1, 0.15) is 62.8 Å². The molecule has 0 fully saturated rings. The predicted molar refractivity (Wildman–Crippen MR) is 135 cm³/mol. The van der Waals surface area contributed by atoms with E-state index in [2.05, 4.69) is 79.6 Å². The summed E-state index contributed by atoms with van der Waals surface area (Å²) >= 11 is 0. The van der Waals surface area contributed by atoms with Crippen LogP contribution in [0.3, 0.4) is 0 Å². The van der Waals surface area contributed by atoms with E-state index in [0.29, 0.717) is 13.1 Å². The molecule has 1 heterocycles. The largest absolute Gasteiger partial charge is 0.361 e. The monoisotopic (exact) mass is 527 g/mol. The normalized spacial score (nSPS) is 11.5. The van der Waals surface area contributed by atoms with E-state index in [1.807, 2.05) is 0 Å². The number of aryl methyl sites for hydroxylation is 2. The number of guanidine groups is 1. The van der Waals surface area contributed by atoms with E-state index in [1.165, 1.54) is 11.1 Å². The topological polar surface area (TPSA) is 65.7 Å². The highest BCUT2D eigenvalue weighted by Crippen LogP contribution is 2.16. The summed E-state index contributed by atoms with van der Waals surface area (Å²) in [6.07, 6.45) is 1.71. The lowest BCUT2D eigenvalue weighted by molar-refractivity contribution is 0.295. The van der Waals surface area contributed by atoms with Crippen LogP contribution in [-0.2, 0) is 32.5 Å². The van der Waals surface area contributed by atoms with Gasteiger partial charge in [0.2, 0.25) is 0 Å². The van der Waals surface area contributed by atoms with E-state index in [-0.39, 0.29) is 24.0 Å². The summed E-state index contributed by atoms with van der Waals surface area (Å²) in [5.41, 5.74) is 4.79. The number of rotatable bonds is 11. The Bertz CT molecular complexity index is 749. The first-order valence-electron chi connectivity index (χ1n) is 10.9. The predicted octanol–water partition coefficient (Wildman–Crippen LogP) is 4.51. The van der Waals surface area contributed by atoms with Gasteiger partial charge in [-0.25, -0.2) is 4.99 Å². The van der Waals surface area contributed by atoms with Crippen LogP contribution in [0, 0.1) is 0 Å². The molecule has 1 aromatic carbocycles. The van der Waals surface area contributed by atoms with Crippen LogP contribution in [0.2, 0.25) is 0 Å². The van der Waals surface area contributed by atoms with Gasteiger partial charge in [0.1, 0.15) is 5.76 Å². The number of benzene rings is 1. The minimum absolute atomic E-state index is 0. The summed E-state index contributed by atoms with van der Waals surface area (Å²) in [7, 11) is 0. The molecule has 0 saturated heterocycles. The Morgan fingerprint density at radius 2 is 1.70 bits per heavy atom. The maximum atomic E-state index is 5.48. The van der Waals surface area contributed by atoms with Crippen molar-refractivity contribution in [2.24, 2.45) is 4.99 Å². The second-order valence-electron chi connectivity index (χ2n) is 7.02. The summed E-state index contributed by atoms with van der Waals surface area (Å²) in [6, 6.07) is 8.59. The van der Waals surface area contributed by atoms with Crippen molar-refractivity contribution in [1.29, 1.82) is 0 Å². The molecule has 0 amide bonds. The van der Waals surface area contributed by atoms with Crippen LogP contribution in [0.5, 0.6) is 0 Å². The van der Waals surface area contributed by atoms with Crippen LogP contribution in [0.15, 0.2) is 33.8 Å². The molecule has 0 aliphatic carbocycles. The molecule has 30 heavy (non-hydrogen) atoms. The SMILES string of the molecule is CCNC(=NCc1ccccc1CN(CC)CC)NCc1c(CC)noc1CC.I. The second-order valence-corrected chi connectivity index (χ2v) is 7.02. The summed E-state index contributed by atoms with van der Waals surface area (Å²) in [5.74, 6) is 1.77. The van der Waals surface area contributed by atoms with E-state index in [4.69, 9.17) is 9.52 Å². The third-order valence-electron chi connectivity index (χ3n) is 5.20. The van der Waals surface area contributed by atoms with Crippen LogP contribution in [-0.4, -0.2) is 35.7 Å². The highest BCUT2D eigenvalue weighted by molar-refractivity contribution is 14.0. The molecule has 7 heteroatoms. The van der Waals surface area contributed by atoms with Gasteiger partial charge >= 0.3 is 0 Å². The third kappa shape index (κ3) is 7.58. The summed E-state index contributed by atoms with van der Waals surface area (Å²) in [5, 5.41) is 11.0. The molecule has 168 valence electrons. The first kappa shape index (κ1) is 26.4. The maximum absolute atomic E-state index is 5.48. The molecule has 1 aromatic heterocycles. The standard InChI is InChI=1S/C23H37N5O.HI/c1-6-21-20(22(7-2)29-27-21)16-26-23(24-8-3)25-15-18-13-11-12-14-19(18)17-28(9-4)10-5;/h11-14H,6-10,15-17H2,1-5H3,(H2,24,25,26);1H. The molecule has 2 N–H and O–H groups in total. The van der Waals surface area contributed by atoms with Gasteiger partial charge in [0.25, 0.3) is 0 Å². The Labute approximate surface area is 198 Å². The average Bonchev–Trinajstić information content (AvgIpc) is 3.16. The smallest absolute Gasteiger partial charge is 0.191 e. The van der Waals surface area contributed by atoms with E-state index >= 15 is 0 Å². The number of nitrogens with one attached hydrogen (secondary N) is 2. The number of aromatic nitrogens is 1. The summed E-state index contributed by atoms with van der Waals surface area (Å²) in [6.45, 7) is 15.9. The zero-order valence-corrected chi connectivity index (χ0v) is 21.5. The zero-order valence-electron chi connectivity index (χ0n) is 19.1. The molecule has 0 aliphatic rings. The lowest BCUT2D eigenvalue weighted by atomic mass is 10.1. The van der Waals surface area contributed by atoms with Crippen molar-refractivity contribution in [2.45, 2.75) is 67.1 Å². The minimum atomic E-state index is 0. The molecular formula is C23H38IN5O. The van der Waals surface area contributed by atoms with Crippen molar-refractivity contribution in [3.05, 3.63) is 52.4 Å². The van der Waals surface area contributed by atoms with Crippen molar-refractivity contribution in [1.82, 2.24) is 20.7 Å². The fraction of sp³-hybridized carbons (Fsp3) is 0.565. The van der Waals surface area contributed by atoms with Crippen molar-refractivity contribution < 1.29 is 4.52 Å². The van der Waals surface area contributed by atoms with Gasteiger partial charge in [-0.3, -0.25) is 4.90 Å². The van der Waals surface area contributed by atoms with Crippen molar-refractivity contribution in [3.63, 3.8) is 0 Å². The average molecular weight is 527 g/mol. The Hall–Kier alpha value is -1.61. The summed E-state index contributed by atoms with van der Waals surface area (Å²) in [4.78, 5) is 7.27. The third-order valence-corrected chi connectivity index (χ3v) is 5.20. The Morgan fingerprint density at radius 3 is 2.30 bits per heavy atom. The lowest BCUT2D eigenvalue weighted by Crippen LogP contribution is -2.37. The molecule has 2 aromatic rings. The molecule has 0 spiro atoms. The number of nitrogens with zero attached hydrogens (tertiary/aromatic N) is 3. The van der Waals surface area contributed by atoms with E-state index < -0.39 is 0 Å². The molecule has 0 saturated carbocycles. The minimum Gasteiger partial charge on any atom is -0.361 e. The zero-order chi connectivity index (χ0) is 21.1. The van der Waals surface area contributed by atoms with Crippen molar-refractivity contribution in [3.8, 4) is 0 Å². The molecule has 0 atom stereocenters. The first-order chi connectivity index (χ1) is 14.2. The second kappa shape index (κ2) is 14.4. The molecule has 0 radical (unpaired) electrons. The van der Waals surface area contributed by atoms with Gasteiger partial charge < -0.3 is 15.2 Å². The molecule has 6 nitrogen and oxygen atoms in total. The van der Waals surface area contributed by atoms with Crippen LogP contribution >= 0.6 is 24.0 Å². The van der Waals surface area contributed by atoms with Gasteiger partial charge in [0, 0.05) is 31.6 Å². The Kier molecular flexibility index (Phi) is 12.7. The number of hydrogen-bond acceptors (Lipinski definition) is 4. The summed E-state index contributed by atoms with van der Waals surface area (Å²) < 4.78 is 5.48. The van der Waals surface area contributed by atoms with Crippen LogP contribution in [0.25, 0.3) is 0 Å². The molecular weight excluding hydrogens is 489 g/mol. The maximum Gasteiger partial charge on any atom is 0.191 e. The number of hydrogen-bond donors (Lipinski definition) is 2. The molecule has 0 unspecified atom stereocenters. The van der Waals surface area contributed by atoms with Crippen LogP contribution in [0.4, 0.5) is 0 Å².